The molecule has 6 nitrogen and oxygen atoms in total. The lowest BCUT2D eigenvalue weighted by Crippen LogP contribution is -2.28. The monoisotopic (exact) mass is 471 g/mol. The fourth-order valence-electron chi connectivity index (χ4n) is 3.92. The molecule has 2 heterocycles. The summed E-state index contributed by atoms with van der Waals surface area (Å²) in [5, 5.41) is 19.8. The molecule has 1 saturated carbocycles. The third-order valence-electron chi connectivity index (χ3n) is 6.07. The molecule has 0 spiro atoms. The van der Waals surface area contributed by atoms with Crippen LogP contribution in [0.25, 0.3) is 0 Å². The fraction of sp³-hybridized carbons (Fsp3) is 0.385. The highest BCUT2D eigenvalue weighted by molar-refractivity contribution is 5.47. The molecule has 1 aliphatic carbocycles. The first-order valence-corrected chi connectivity index (χ1v) is 11.3. The van der Waals surface area contributed by atoms with E-state index >= 15 is 0 Å². The number of ether oxygens (including phenoxy) is 2. The second-order valence-corrected chi connectivity index (χ2v) is 9.13. The van der Waals surface area contributed by atoms with Crippen LogP contribution in [-0.4, -0.2) is 28.0 Å². The molecule has 0 radical (unpaired) electrons. The highest BCUT2D eigenvalue weighted by Crippen LogP contribution is 2.38. The minimum absolute atomic E-state index is 0.00409. The van der Waals surface area contributed by atoms with Gasteiger partial charge in [0.25, 0.3) is 0 Å². The molecule has 1 unspecified atom stereocenters. The summed E-state index contributed by atoms with van der Waals surface area (Å²) in [6.45, 7) is 0.400. The summed E-state index contributed by atoms with van der Waals surface area (Å²) >= 11 is 0. The minimum Gasteiger partial charge on any atom is -0.487 e. The first-order chi connectivity index (χ1) is 16.2. The Bertz CT molecular complexity index is 1100. The van der Waals surface area contributed by atoms with Gasteiger partial charge in [-0.3, -0.25) is 10.2 Å². The number of rotatable bonds is 9. The maximum absolute atomic E-state index is 13.0. The zero-order valence-electron chi connectivity index (χ0n) is 19.2. The average molecular weight is 472 g/mol. The Labute approximate surface area is 197 Å². The van der Waals surface area contributed by atoms with Gasteiger partial charge in [-0.05, 0) is 74.4 Å². The predicted octanol–water partition coefficient (Wildman–Crippen LogP) is 4.74. The molecule has 1 aromatic carbocycles. The van der Waals surface area contributed by atoms with Crippen molar-refractivity contribution >= 4 is 0 Å². The van der Waals surface area contributed by atoms with Gasteiger partial charge in [0.1, 0.15) is 5.60 Å². The zero-order chi connectivity index (χ0) is 24.3. The van der Waals surface area contributed by atoms with Crippen molar-refractivity contribution in [3.05, 3.63) is 83.4 Å². The van der Waals surface area contributed by atoms with Crippen molar-refractivity contribution in [1.82, 2.24) is 4.98 Å². The van der Waals surface area contributed by atoms with Crippen LogP contribution in [0.2, 0.25) is 0 Å². The fourth-order valence-corrected chi connectivity index (χ4v) is 3.92. The smallest absolute Gasteiger partial charge is 0.387 e. The Morgan fingerprint density at radius 1 is 1.06 bits per heavy atom. The molecule has 0 bridgehead atoms. The van der Waals surface area contributed by atoms with Crippen LogP contribution in [0.3, 0.4) is 0 Å². The molecule has 1 atom stereocenters. The number of pyridine rings is 2. The van der Waals surface area contributed by atoms with Crippen LogP contribution in [0, 0.1) is 0 Å². The summed E-state index contributed by atoms with van der Waals surface area (Å²) in [6.07, 6.45) is 8.21. The highest BCUT2D eigenvalue weighted by atomic mass is 19.3. The van der Waals surface area contributed by atoms with E-state index in [0.29, 0.717) is 17.9 Å². The highest BCUT2D eigenvalue weighted by Gasteiger charge is 2.25. The zero-order valence-corrected chi connectivity index (χ0v) is 19.2. The Hall–Kier alpha value is -3.26. The van der Waals surface area contributed by atoms with Crippen LogP contribution < -0.4 is 14.2 Å². The molecule has 0 amide bonds. The van der Waals surface area contributed by atoms with Crippen LogP contribution in [-0.2, 0) is 12.0 Å². The second-order valence-electron chi connectivity index (χ2n) is 9.13. The third kappa shape index (κ3) is 5.80. The quantitative estimate of drug-likeness (QED) is 0.348. The number of aliphatic hydroxyl groups is 1. The molecule has 8 heteroatoms. The maximum atomic E-state index is 13.0. The molecule has 2 aromatic heterocycles. The molecule has 180 valence electrons. The Morgan fingerprint density at radius 3 is 2.32 bits per heavy atom. The Morgan fingerprint density at radius 2 is 1.76 bits per heavy atom. The van der Waals surface area contributed by atoms with Gasteiger partial charge in [-0.25, -0.2) is 0 Å². The van der Waals surface area contributed by atoms with Crippen molar-refractivity contribution in [2.75, 3.05) is 0 Å². The van der Waals surface area contributed by atoms with Crippen LogP contribution in [0.15, 0.2) is 61.1 Å². The Kier molecular flexibility index (Phi) is 6.97. The number of nitrogens with zero attached hydrogens (tertiary/aromatic N) is 2. The van der Waals surface area contributed by atoms with Gasteiger partial charge in [0.05, 0.1) is 11.8 Å². The second kappa shape index (κ2) is 9.93. The summed E-state index contributed by atoms with van der Waals surface area (Å²) in [4.78, 5) is 4.45. The van der Waals surface area contributed by atoms with Crippen molar-refractivity contribution in [3.8, 4) is 11.5 Å². The summed E-state index contributed by atoms with van der Waals surface area (Å²) in [6, 6.07) is 12.4. The topological polar surface area (TPSA) is 75.7 Å². The lowest BCUT2D eigenvalue weighted by atomic mass is 9.86. The Balaban J connectivity index is 1.72. The number of hydrogen-bond acceptors (Lipinski definition) is 5. The van der Waals surface area contributed by atoms with Gasteiger partial charge in [-0.1, -0.05) is 12.1 Å². The summed E-state index contributed by atoms with van der Waals surface area (Å²) < 4.78 is 37.6. The van der Waals surface area contributed by atoms with Crippen molar-refractivity contribution in [2.45, 2.75) is 63.8 Å². The normalized spacial score (nSPS) is 15.1. The molecule has 0 aliphatic heterocycles. The van der Waals surface area contributed by atoms with Gasteiger partial charge in [0.2, 0.25) is 12.4 Å². The van der Waals surface area contributed by atoms with E-state index in [1.807, 2.05) is 18.2 Å². The molecule has 1 aliphatic rings. The van der Waals surface area contributed by atoms with Gasteiger partial charge < -0.3 is 14.6 Å². The van der Waals surface area contributed by atoms with E-state index in [-0.39, 0.29) is 17.8 Å². The number of alkyl halides is 2. The number of hydrogen-bond donors (Lipinski definition) is 2. The van der Waals surface area contributed by atoms with Crippen LogP contribution >= 0.6 is 0 Å². The van der Waals surface area contributed by atoms with Gasteiger partial charge in [-0.15, -0.1) is 0 Å². The van der Waals surface area contributed by atoms with E-state index in [0.717, 1.165) is 40.7 Å². The summed E-state index contributed by atoms with van der Waals surface area (Å²) in [5.41, 5.74) is 2.20. The molecule has 34 heavy (non-hydrogen) atoms. The van der Waals surface area contributed by atoms with Crippen molar-refractivity contribution in [2.24, 2.45) is 0 Å². The predicted molar refractivity (Wildman–Crippen MR) is 120 cm³/mol. The average Bonchev–Trinajstić information content (AvgIpc) is 2.76. The van der Waals surface area contributed by atoms with E-state index in [9.17, 15) is 19.1 Å². The molecule has 0 saturated heterocycles. The number of benzene rings is 1. The van der Waals surface area contributed by atoms with Crippen molar-refractivity contribution < 1.29 is 33.3 Å². The van der Waals surface area contributed by atoms with Crippen molar-refractivity contribution in [3.63, 3.8) is 0 Å². The van der Waals surface area contributed by atoms with Crippen LogP contribution in [0.4, 0.5) is 8.78 Å². The summed E-state index contributed by atoms with van der Waals surface area (Å²) in [7, 11) is 0. The minimum atomic E-state index is -2.95. The van der Waals surface area contributed by atoms with E-state index in [1.54, 1.807) is 50.6 Å². The molecule has 3 aromatic rings. The number of aromatic nitrogens is 2. The summed E-state index contributed by atoms with van der Waals surface area (Å²) in [5.74, 6) is 0.137. The van der Waals surface area contributed by atoms with Gasteiger partial charge >= 0.3 is 6.61 Å². The third-order valence-corrected chi connectivity index (χ3v) is 6.07. The molecule has 2 N–H and O–H groups in total. The largest absolute Gasteiger partial charge is 0.487 e. The first-order valence-electron chi connectivity index (χ1n) is 11.3. The lowest BCUT2D eigenvalue weighted by Gasteiger charge is -2.28. The van der Waals surface area contributed by atoms with E-state index < -0.39 is 12.2 Å². The van der Waals surface area contributed by atoms with Gasteiger partial charge in [-0.2, -0.15) is 8.78 Å². The number of halogens is 2. The van der Waals surface area contributed by atoms with Crippen LogP contribution in [0.5, 0.6) is 11.5 Å². The van der Waals surface area contributed by atoms with E-state index in [1.165, 1.54) is 6.07 Å². The van der Waals surface area contributed by atoms with Gasteiger partial charge in [0.15, 0.2) is 11.5 Å². The van der Waals surface area contributed by atoms with Gasteiger partial charge in [0, 0.05) is 29.0 Å². The molecule has 4 rings (SSSR count). The maximum Gasteiger partial charge on any atom is 0.387 e. The molecule has 1 fully saturated rings. The lowest BCUT2D eigenvalue weighted by molar-refractivity contribution is -0.904. The van der Waals surface area contributed by atoms with Crippen LogP contribution in [0.1, 0.15) is 61.4 Å². The molecular formula is C26H29F2N2O4+. The first kappa shape index (κ1) is 23.9. The molecular weight excluding hydrogens is 442 g/mol. The van der Waals surface area contributed by atoms with E-state index in [4.69, 9.17) is 9.47 Å². The standard InChI is InChI=1S/C26H29F2N2O4/c1-26(2,31)24-9-7-19(16-29-24)21(14-17-10-12-30(32)13-11-17)18-6-8-22(34-25(27)28)23(15-18)33-20-4-3-5-20/h6-13,15-16,20-21,25,31-32H,3-5,14H2,1-2H3/q+1. The van der Waals surface area contributed by atoms with E-state index in [2.05, 4.69) is 4.98 Å². The van der Waals surface area contributed by atoms with Crippen molar-refractivity contribution in [1.29, 1.82) is 0 Å². The SMILES string of the molecule is CC(C)(O)c1ccc(C(Cc2cc[n+](O)cc2)c2ccc(OC(F)F)c(OC3CCC3)c2)cn1.